The molecule has 0 radical (unpaired) electrons. The fourth-order valence-electron chi connectivity index (χ4n) is 1.51. The first kappa shape index (κ1) is 12.9. The van der Waals surface area contributed by atoms with Crippen molar-refractivity contribution < 1.29 is 9.18 Å². The van der Waals surface area contributed by atoms with E-state index in [1.807, 2.05) is 0 Å². The van der Waals surface area contributed by atoms with Crippen molar-refractivity contribution in [1.82, 2.24) is 10.2 Å². The second kappa shape index (κ2) is 5.27. The molecule has 1 aromatic rings. The van der Waals surface area contributed by atoms with E-state index in [0.717, 1.165) is 13.1 Å². The number of rotatable bonds is 2. The molecule has 16 heavy (non-hydrogen) atoms. The van der Waals surface area contributed by atoms with E-state index >= 15 is 0 Å². The van der Waals surface area contributed by atoms with Gasteiger partial charge in [-0.25, -0.2) is 4.39 Å². The number of nitrogens with one attached hydrogen (secondary N) is 1. The van der Waals surface area contributed by atoms with Crippen molar-refractivity contribution in [2.75, 3.05) is 20.1 Å². The van der Waals surface area contributed by atoms with Gasteiger partial charge in [-0.05, 0) is 24.3 Å². The fourth-order valence-corrected chi connectivity index (χ4v) is 1.51. The van der Waals surface area contributed by atoms with Gasteiger partial charge in [-0.15, -0.1) is 12.4 Å². The van der Waals surface area contributed by atoms with Crippen LogP contribution in [0.5, 0.6) is 0 Å². The number of hydrogen-bond acceptors (Lipinski definition) is 2. The van der Waals surface area contributed by atoms with E-state index in [9.17, 15) is 9.18 Å². The number of hydrogen-bond donors (Lipinski definition) is 1. The third kappa shape index (κ3) is 2.51. The number of carbonyl (C=O) groups is 1. The summed E-state index contributed by atoms with van der Waals surface area (Å²) in [5.41, 5.74) is 0.533. The van der Waals surface area contributed by atoms with Crippen LogP contribution in [-0.4, -0.2) is 37.0 Å². The highest BCUT2D eigenvalue weighted by Gasteiger charge is 2.25. The molecule has 0 atom stereocenters. The Morgan fingerprint density at radius 1 is 1.38 bits per heavy atom. The van der Waals surface area contributed by atoms with Gasteiger partial charge >= 0.3 is 0 Å². The van der Waals surface area contributed by atoms with Crippen LogP contribution in [0.1, 0.15) is 10.4 Å². The molecule has 0 bridgehead atoms. The maximum Gasteiger partial charge on any atom is 0.253 e. The van der Waals surface area contributed by atoms with E-state index in [2.05, 4.69) is 5.32 Å². The van der Waals surface area contributed by atoms with Gasteiger partial charge in [0.2, 0.25) is 0 Å². The zero-order valence-electron chi connectivity index (χ0n) is 8.94. The normalized spacial score (nSPS) is 14.9. The molecule has 0 unspecified atom stereocenters. The average molecular weight is 245 g/mol. The largest absolute Gasteiger partial charge is 0.336 e. The number of likely N-dealkylation sites (N-methyl/N-ethyl adjacent to an activating group) is 1. The Hall–Kier alpha value is -1.13. The summed E-state index contributed by atoms with van der Waals surface area (Å²) in [6.07, 6.45) is 0. The van der Waals surface area contributed by atoms with Crippen LogP contribution in [0.25, 0.3) is 0 Å². The Morgan fingerprint density at radius 3 is 2.38 bits per heavy atom. The van der Waals surface area contributed by atoms with Crippen LogP contribution in [0.4, 0.5) is 4.39 Å². The van der Waals surface area contributed by atoms with Gasteiger partial charge in [0.1, 0.15) is 5.82 Å². The summed E-state index contributed by atoms with van der Waals surface area (Å²) in [4.78, 5) is 13.6. The predicted octanol–water partition coefficient (Wildman–Crippen LogP) is 1.29. The molecule has 0 aliphatic carbocycles. The Bertz CT molecular complexity index is 365. The Morgan fingerprint density at radius 2 is 1.94 bits per heavy atom. The average Bonchev–Trinajstić information content (AvgIpc) is 2.15. The van der Waals surface area contributed by atoms with Crippen molar-refractivity contribution in [3.8, 4) is 0 Å². The summed E-state index contributed by atoms with van der Waals surface area (Å²) in [5, 5.41) is 3.10. The van der Waals surface area contributed by atoms with Crippen molar-refractivity contribution in [3.05, 3.63) is 35.6 Å². The third-order valence-electron chi connectivity index (χ3n) is 2.72. The highest BCUT2D eigenvalue weighted by atomic mass is 35.5. The van der Waals surface area contributed by atoms with Crippen LogP contribution in [-0.2, 0) is 0 Å². The van der Waals surface area contributed by atoms with Gasteiger partial charge in [-0.3, -0.25) is 4.79 Å². The first-order valence-electron chi connectivity index (χ1n) is 4.92. The zero-order chi connectivity index (χ0) is 10.8. The lowest BCUT2D eigenvalue weighted by Gasteiger charge is -2.35. The van der Waals surface area contributed by atoms with Gasteiger partial charge in [0.05, 0.1) is 6.04 Å². The maximum absolute atomic E-state index is 12.7. The van der Waals surface area contributed by atoms with Gasteiger partial charge in [0, 0.05) is 25.7 Å². The van der Waals surface area contributed by atoms with Crippen molar-refractivity contribution >= 4 is 18.3 Å². The van der Waals surface area contributed by atoms with Crippen molar-refractivity contribution in [2.45, 2.75) is 6.04 Å². The van der Waals surface area contributed by atoms with Gasteiger partial charge in [-0.2, -0.15) is 0 Å². The van der Waals surface area contributed by atoms with Crippen molar-refractivity contribution in [2.24, 2.45) is 0 Å². The maximum atomic E-state index is 12.7. The van der Waals surface area contributed by atoms with Crippen LogP contribution in [0, 0.1) is 5.82 Å². The highest BCUT2D eigenvalue weighted by molar-refractivity contribution is 5.94. The first-order chi connectivity index (χ1) is 7.18. The van der Waals surface area contributed by atoms with Crippen LogP contribution in [0.2, 0.25) is 0 Å². The lowest BCUT2D eigenvalue weighted by atomic mass is 10.1. The molecule has 1 N–H and O–H groups in total. The molecule has 1 aliphatic heterocycles. The number of halogens is 2. The molecule has 2 rings (SSSR count). The topological polar surface area (TPSA) is 32.3 Å². The molecular weight excluding hydrogens is 231 g/mol. The van der Waals surface area contributed by atoms with E-state index in [1.54, 1.807) is 11.9 Å². The minimum absolute atomic E-state index is 0. The Kier molecular flexibility index (Phi) is 4.26. The second-order valence-corrected chi connectivity index (χ2v) is 3.74. The fraction of sp³-hybridized carbons (Fsp3) is 0.364. The summed E-state index contributed by atoms with van der Waals surface area (Å²) in [7, 11) is 1.77. The summed E-state index contributed by atoms with van der Waals surface area (Å²) < 4.78 is 12.7. The molecule has 5 heteroatoms. The molecule has 1 aromatic carbocycles. The Labute approximate surface area is 100 Å². The molecule has 1 heterocycles. The third-order valence-corrected chi connectivity index (χ3v) is 2.72. The second-order valence-electron chi connectivity index (χ2n) is 3.74. The van der Waals surface area contributed by atoms with Gasteiger partial charge in [-0.1, -0.05) is 0 Å². The number of amides is 1. The first-order valence-corrected chi connectivity index (χ1v) is 4.92. The van der Waals surface area contributed by atoms with E-state index in [0.29, 0.717) is 5.56 Å². The highest BCUT2D eigenvalue weighted by Crippen LogP contribution is 2.10. The van der Waals surface area contributed by atoms with Crippen molar-refractivity contribution in [3.63, 3.8) is 0 Å². The van der Waals surface area contributed by atoms with E-state index in [1.165, 1.54) is 24.3 Å². The molecule has 0 saturated carbocycles. The molecule has 1 amide bonds. The van der Waals surface area contributed by atoms with Crippen molar-refractivity contribution in [1.29, 1.82) is 0 Å². The molecule has 3 nitrogen and oxygen atoms in total. The number of carbonyl (C=O) groups excluding carboxylic acids is 1. The lowest BCUT2D eigenvalue weighted by molar-refractivity contribution is 0.0681. The molecule has 1 aliphatic rings. The summed E-state index contributed by atoms with van der Waals surface area (Å²) in [6.45, 7) is 1.67. The minimum atomic E-state index is -0.320. The summed E-state index contributed by atoms with van der Waals surface area (Å²) >= 11 is 0. The van der Waals surface area contributed by atoms with Crippen LogP contribution >= 0.6 is 12.4 Å². The summed E-state index contributed by atoms with van der Waals surface area (Å²) in [5.74, 6) is -0.374. The van der Waals surface area contributed by atoms with Crippen LogP contribution in [0.3, 0.4) is 0 Å². The SMILES string of the molecule is CN(C(=O)c1ccc(F)cc1)C1CNC1.Cl. The molecule has 1 fully saturated rings. The van der Waals surface area contributed by atoms with Crippen LogP contribution in [0.15, 0.2) is 24.3 Å². The van der Waals surface area contributed by atoms with E-state index < -0.39 is 0 Å². The van der Waals surface area contributed by atoms with Gasteiger partial charge in [0.25, 0.3) is 5.91 Å². The lowest BCUT2D eigenvalue weighted by Crippen LogP contribution is -2.57. The van der Waals surface area contributed by atoms with Gasteiger partial charge in [0.15, 0.2) is 0 Å². The quantitative estimate of drug-likeness (QED) is 0.850. The number of benzene rings is 1. The molecular formula is C11H14ClFN2O. The monoisotopic (exact) mass is 244 g/mol. The zero-order valence-corrected chi connectivity index (χ0v) is 9.76. The smallest absolute Gasteiger partial charge is 0.253 e. The predicted molar refractivity (Wildman–Crippen MR) is 62.4 cm³/mol. The number of nitrogens with zero attached hydrogens (tertiary/aromatic N) is 1. The van der Waals surface area contributed by atoms with E-state index in [4.69, 9.17) is 0 Å². The van der Waals surface area contributed by atoms with E-state index in [-0.39, 0.29) is 30.2 Å². The molecule has 1 saturated heterocycles. The summed E-state index contributed by atoms with van der Waals surface area (Å²) in [6, 6.07) is 5.91. The van der Waals surface area contributed by atoms with Crippen LogP contribution < -0.4 is 5.32 Å². The molecule has 88 valence electrons. The molecule has 0 aromatic heterocycles. The molecule has 0 spiro atoms. The standard InChI is InChI=1S/C11H13FN2O.ClH/c1-14(10-6-13-7-10)11(15)8-2-4-9(12)5-3-8;/h2-5,10,13H,6-7H2,1H3;1H. The Balaban J connectivity index is 0.00000128. The van der Waals surface area contributed by atoms with Gasteiger partial charge < -0.3 is 10.2 Å². The minimum Gasteiger partial charge on any atom is -0.336 e.